The lowest BCUT2D eigenvalue weighted by Crippen LogP contribution is -2.15. The van der Waals surface area contributed by atoms with Gasteiger partial charge in [-0.25, -0.2) is 0 Å². The normalized spacial score (nSPS) is 11.5. The Bertz CT molecular complexity index is 913. The van der Waals surface area contributed by atoms with Crippen molar-refractivity contribution >= 4 is 35.0 Å². The molecule has 0 aliphatic rings. The van der Waals surface area contributed by atoms with Crippen molar-refractivity contribution in [3.05, 3.63) is 47.2 Å². The molecule has 0 saturated heterocycles. The van der Waals surface area contributed by atoms with Gasteiger partial charge in [0, 0.05) is 0 Å². The number of amides is 1. The number of rotatable bonds is 5. The average Bonchev–Trinajstić information content (AvgIpc) is 3.25. The SMILES string of the molecule is O=C(CSc1nnc(-c2ccco2)o1)Nc1cc(C(F)(F)F)ccc1Cl. The van der Waals surface area contributed by atoms with Crippen LogP contribution in [0.15, 0.2) is 50.7 Å². The molecule has 1 amide bonds. The molecule has 1 aromatic carbocycles. The molecule has 2 aromatic heterocycles. The molecule has 0 fully saturated rings. The van der Waals surface area contributed by atoms with Gasteiger partial charge >= 0.3 is 6.18 Å². The van der Waals surface area contributed by atoms with Crippen LogP contribution in [0.2, 0.25) is 5.02 Å². The maximum atomic E-state index is 12.7. The van der Waals surface area contributed by atoms with Gasteiger partial charge in [0.25, 0.3) is 11.1 Å². The molecular formula is C15H9ClF3N3O3S. The molecule has 0 radical (unpaired) electrons. The average molecular weight is 404 g/mol. The second-order valence-electron chi connectivity index (χ2n) is 4.88. The minimum Gasteiger partial charge on any atom is -0.459 e. The Morgan fingerprint density at radius 3 is 2.77 bits per heavy atom. The number of alkyl halides is 3. The Kier molecular flexibility index (Phi) is 5.23. The lowest BCUT2D eigenvalue weighted by molar-refractivity contribution is -0.137. The van der Waals surface area contributed by atoms with E-state index in [1.807, 2.05) is 0 Å². The van der Waals surface area contributed by atoms with E-state index < -0.39 is 17.6 Å². The Morgan fingerprint density at radius 1 is 1.27 bits per heavy atom. The number of aromatic nitrogens is 2. The van der Waals surface area contributed by atoms with Gasteiger partial charge in [0.15, 0.2) is 5.76 Å². The number of hydrogen-bond acceptors (Lipinski definition) is 6. The van der Waals surface area contributed by atoms with Gasteiger partial charge in [-0.1, -0.05) is 23.4 Å². The number of halogens is 4. The van der Waals surface area contributed by atoms with Gasteiger partial charge in [0.05, 0.1) is 28.3 Å². The van der Waals surface area contributed by atoms with Crippen molar-refractivity contribution in [3.8, 4) is 11.7 Å². The molecule has 0 atom stereocenters. The molecule has 0 bridgehead atoms. The first-order valence-electron chi connectivity index (χ1n) is 7.00. The van der Waals surface area contributed by atoms with E-state index in [0.29, 0.717) is 5.76 Å². The lowest BCUT2D eigenvalue weighted by atomic mass is 10.2. The number of nitrogens with one attached hydrogen (secondary N) is 1. The summed E-state index contributed by atoms with van der Waals surface area (Å²) < 4.78 is 48.6. The van der Waals surface area contributed by atoms with E-state index in [2.05, 4.69) is 15.5 Å². The summed E-state index contributed by atoms with van der Waals surface area (Å²) in [4.78, 5) is 12.0. The van der Waals surface area contributed by atoms with Gasteiger partial charge in [-0.15, -0.1) is 10.2 Å². The van der Waals surface area contributed by atoms with Crippen molar-refractivity contribution in [2.75, 3.05) is 11.1 Å². The van der Waals surface area contributed by atoms with Crippen LogP contribution in [0.4, 0.5) is 18.9 Å². The summed E-state index contributed by atoms with van der Waals surface area (Å²) in [6.45, 7) is 0. The van der Waals surface area contributed by atoms with Crippen LogP contribution in [0.3, 0.4) is 0 Å². The van der Waals surface area contributed by atoms with E-state index in [4.69, 9.17) is 20.4 Å². The van der Waals surface area contributed by atoms with Crippen molar-refractivity contribution in [2.45, 2.75) is 11.4 Å². The van der Waals surface area contributed by atoms with E-state index >= 15 is 0 Å². The zero-order valence-corrected chi connectivity index (χ0v) is 14.3. The Hall–Kier alpha value is -2.46. The first kappa shape index (κ1) is 18.3. The van der Waals surface area contributed by atoms with Crippen LogP contribution in [-0.2, 0) is 11.0 Å². The topological polar surface area (TPSA) is 81.2 Å². The predicted octanol–water partition coefficient (Wildman–Crippen LogP) is 4.73. The second-order valence-corrected chi connectivity index (χ2v) is 6.21. The number of carbonyl (C=O) groups is 1. The summed E-state index contributed by atoms with van der Waals surface area (Å²) in [5, 5.41) is 9.95. The van der Waals surface area contributed by atoms with E-state index in [1.54, 1.807) is 12.1 Å². The molecule has 6 nitrogen and oxygen atoms in total. The monoisotopic (exact) mass is 403 g/mol. The summed E-state index contributed by atoms with van der Waals surface area (Å²) in [7, 11) is 0. The largest absolute Gasteiger partial charge is 0.459 e. The molecule has 0 aliphatic heterocycles. The highest BCUT2D eigenvalue weighted by molar-refractivity contribution is 7.99. The minimum atomic E-state index is -4.54. The highest BCUT2D eigenvalue weighted by Gasteiger charge is 2.31. The lowest BCUT2D eigenvalue weighted by Gasteiger charge is -2.11. The number of furan rings is 1. The molecular weight excluding hydrogens is 395 g/mol. The first-order valence-corrected chi connectivity index (χ1v) is 8.36. The van der Waals surface area contributed by atoms with E-state index in [0.717, 1.165) is 30.0 Å². The summed E-state index contributed by atoms with van der Waals surface area (Å²) >= 11 is 6.75. The van der Waals surface area contributed by atoms with Crippen LogP contribution in [0.1, 0.15) is 5.56 Å². The zero-order valence-electron chi connectivity index (χ0n) is 12.7. The third-order valence-electron chi connectivity index (χ3n) is 3.03. The summed E-state index contributed by atoms with van der Waals surface area (Å²) in [5.74, 6) is -0.204. The standard InChI is InChI=1S/C15H9ClF3N3O3S/c16-9-4-3-8(15(17,18)19)6-10(9)20-12(23)7-26-14-22-21-13(25-14)11-2-1-5-24-11/h1-6H,7H2,(H,20,23). The third-order valence-corrected chi connectivity index (χ3v) is 4.18. The van der Waals surface area contributed by atoms with Gasteiger partial charge in [0.1, 0.15) is 0 Å². The van der Waals surface area contributed by atoms with Gasteiger partial charge in [-0.3, -0.25) is 4.79 Å². The molecule has 0 aliphatic carbocycles. The molecule has 136 valence electrons. The molecule has 0 spiro atoms. The highest BCUT2D eigenvalue weighted by Crippen LogP contribution is 2.34. The number of hydrogen-bond donors (Lipinski definition) is 1. The first-order chi connectivity index (χ1) is 12.3. The van der Waals surface area contributed by atoms with Crippen molar-refractivity contribution < 1.29 is 26.8 Å². The van der Waals surface area contributed by atoms with Crippen LogP contribution < -0.4 is 5.32 Å². The molecule has 3 rings (SSSR count). The zero-order chi connectivity index (χ0) is 18.7. The van der Waals surface area contributed by atoms with Gasteiger partial charge in [-0.2, -0.15) is 13.2 Å². The Morgan fingerprint density at radius 2 is 2.08 bits per heavy atom. The van der Waals surface area contributed by atoms with Crippen molar-refractivity contribution in [1.82, 2.24) is 10.2 Å². The van der Waals surface area contributed by atoms with Crippen LogP contribution in [0.5, 0.6) is 0 Å². The van der Waals surface area contributed by atoms with E-state index in [-0.39, 0.29) is 27.6 Å². The van der Waals surface area contributed by atoms with Gasteiger partial charge in [0.2, 0.25) is 5.91 Å². The summed E-state index contributed by atoms with van der Waals surface area (Å²) in [5.41, 5.74) is -1.04. The fourth-order valence-corrected chi connectivity index (χ4v) is 2.61. The number of benzene rings is 1. The van der Waals surface area contributed by atoms with Gasteiger partial charge < -0.3 is 14.2 Å². The number of thioether (sulfide) groups is 1. The number of nitrogens with zero attached hydrogens (tertiary/aromatic N) is 2. The minimum absolute atomic E-state index is 0.00533. The number of anilines is 1. The summed E-state index contributed by atoms with van der Waals surface area (Å²) in [6, 6.07) is 5.96. The molecule has 2 heterocycles. The van der Waals surface area contributed by atoms with Gasteiger partial charge in [-0.05, 0) is 30.3 Å². The van der Waals surface area contributed by atoms with E-state index in [1.165, 1.54) is 6.26 Å². The fraction of sp³-hybridized carbons (Fsp3) is 0.133. The Balaban J connectivity index is 1.61. The smallest absolute Gasteiger partial charge is 0.416 e. The molecule has 1 N–H and O–H groups in total. The molecule has 0 unspecified atom stereocenters. The summed E-state index contributed by atoms with van der Waals surface area (Å²) in [6.07, 6.45) is -3.09. The number of carbonyl (C=O) groups excluding carboxylic acids is 1. The van der Waals surface area contributed by atoms with Crippen molar-refractivity contribution in [2.24, 2.45) is 0 Å². The second kappa shape index (κ2) is 7.42. The molecule has 26 heavy (non-hydrogen) atoms. The van der Waals surface area contributed by atoms with Crippen molar-refractivity contribution in [3.63, 3.8) is 0 Å². The molecule has 0 saturated carbocycles. The predicted molar refractivity (Wildman–Crippen MR) is 87.8 cm³/mol. The third kappa shape index (κ3) is 4.38. The maximum Gasteiger partial charge on any atom is 0.416 e. The maximum absolute atomic E-state index is 12.7. The fourth-order valence-electron chi connectivity index (χ4n) is 1.88. The van der Waals surface area contributed by atoms with Crippen LogP contribution in [0.25, 0.3) is 11.7 Å². The Labute approximate surface area is 153 Å². The van der Waals surface area contributed by atoms with Crippen LogP contribution in [-0.4, -0.2) is 21.9 Å². The van der Waals surface area contributed by atoms with Crippen LogP contribution in [0, 0.1) is 0 Å². The molecule has 3 aromatic rings. The van der Waals surface area contributed by atoms with Crippen LogP contribution >= 0.6 is 23.4 Å². The van der Waals surface area contributed by atoms with Crippen molar-refractivity contribution in [1.29, 1.82) is 0 Å². The van der Waals surface area contributed by atoms with E-state index in [9.17, 15) is 18.0 Å². The highest BCUT2D eigenvalue weighted by atomic mass is 35.5. The quantitative estimate of drug-likeness (QED) is 0.620. The molecule has 11 heteroatoms.